The minimum atomic E-state index is -3.42. The van der Waals surface area contributed by atoms with Crippen molar-refractivity contribution in [2.45, 2.75) is 64.5 Å². The first-order valence-electron chi connectivity index (χ1n) is 9.30. The average molecular weight is 362 g/mol. The summed E-state index contributed by atoms with van der Waals surface area (Å²) in [5.41, 5.74) is 0.328. The highest BCUT2D eigenvalue weighted by atomic mass is 32.2. The van der Waals surface area contributed by atoms with Gasteiger partial charge in [0.05, 0.1) is 10.7 Å². The Kier molecular flexibility index (Phi) is 3.54. The van der Waals surface area contributed by atoms with Crippen molar-refractivity contribution in [3.8, 4) is 0 Å². The molecule has 5 atom stereocenters. The normalized spacial score (nSPS) is 45.6. The summed E-state index contributed by atoms with van der Waals surface area (Å²) >= 11 is 0. The minimum absolute atomic E-state index is 0.0210. The van der Waals surface area contributed by atoms with E-state index in [1.54, 1.807) is 0 Å². The maximum absolute atomic E-state index is 13.0. The molecule has 25 heavy (non-hydrogen) atoms. The highest BCUT2D eigenvalue weighted by molar-refractivity contribution is 7.96. The summed E-state index contributed by atoms with van der Waals surface area (Å²) in [4.78, 5) is 25.1. The fourth-order valence-electron chi connectivity index (χ4n) is 6.05. The second-order valence-corrected chi connectivity index (χ2v) is 11.1. The molecule has 0 amide bonds. The van der Waals surface area contributed by atoms with Crippen molar-refractivity contribution in [3.05, 3.63) is 22.6 Å². The molecule has 0 saturated heterocycles. The summed E-state index contributed by atoms with van der Waals surface area (Å²) in [5.74, 6) is 0.627. The molecular weight excluding hydrogens is 336 g/mol. The molecule has 4 aliphatic rings. The number of hydrogen-bond acceptors (Lipinski definition) is 4. The van der Waals surface area contributed by atoms with Crippen molar-refractivity contribution in [1.82, 2.24) is 0 Å². The Morgan fingerprint density at radius 1 is 1.16 bits per heavy atom. The molecule has 0 N–H and O–H groups in total. The van der Waals surface area contributed by atoms with E-state index in [-0.39, 0.29) is 22.0 Å². The zero-order valence-corrected chi connectivity index (χ0v) is 16.0. The van der Waals surface area contributed by atoms with Crippen molar-refractivity contribution in [3.63, 3.8) is 0 Å². The van der Waals surface area contributed by atoms with Gasteiger partial charge in [-0.15, -0.1) is 0 Å². The van der Waals surface area contributed by atoms with Crippen LogP contribution in [0.1, 0.15) is 59.3 Å². The Balaban J connectivity index is 1.83. The van der Waals surface area contributed by atoms with Crippen molar-refractivity contribution < 1.29 is 18.0 Å². The Hall–Kier alpha value is -1.23. The van der Waals surface area contributed by atoms with Crippen LogP contribution in [0.2, 0.25) is 0 Å². The summed E-state index contributed by atoms with van der Waals surface area (Å²) in [6.07, 6.45) is 7.65. The van der Waals surface area contributed by atoms with Crippen LogP contribution in [-0.4, -0.2) is 25.2 Å². The fourth-order valence-corrected chi connectivity index (χ4v) is 8.05. The molecule has 0 spiro atoms. The highest BCUT2D eigenvalue weighted by Gasteiger charge is 2.61. The lowest BCUT2D eigenvalue weighted by Gasteiger charge is -2.57. The lowest BCUT2D eigenvalue weighted by molar-refractivity contribution is -0.130. The number of ketones is 2. The van der Waals surface area contributed by atoms with E-state index in [4.69, 9.17) is 0 Å². The third-order valence-electron chi connectivity index (χ3n) is 7.77. The van der Waals surface area contributed by atoms with Gasteiger partial charge in [0.25, 0.3) is 0 Å². The van der Waals surface area contributed by atoms with Crippen LogP contribution in [0.5, 0.6) is 0 Å². The molecule has 1 aliphatic heterocycles. The van der Waals surface area contributed by atoms with Crippen molar-refractivity contribution >= 4 is 21.4 Å². The zero-order valence-electron chi connectivity index (χ0n) is 15.2. The van der Waals surface area contributed by atoms with Crippen LogP contribution in [0, 0.1) is 22.7 Å². The Morgan fingerprint density at radius 2 is 1.88 bits per heavy atom. The van der Waals surface area contributed by atoms with Crippen LogP contribution < -0.4 is 0 Å². The van der Waals surface area contributed by atoms with Gasteiger partial charge < -0.3 is 0 Å². The number of carbonyl (C=O) groups is 2. The molecule has 2 fully saturated rings. The number of Topliss-reactive ketones (excluding diaryl/α,β-unsaturated/α-hetero) is 1. The van der Waals surface area contributed by atoms with Gasteiger partial charge in [-0.1, -0.05) is 25.5 Å². The lowest BCUT2D eigenvalue weighted by Crippen LogP contribution is -2.57. The fraction of sp³-hybridized carbons (Fsp3) is 0.700. The number of fused-ring (bicyclic) bond motifs is 5. The molecule has 5 heteroatoms. The molecule has 4 nitrogen and oxygen atoms in total. The molecular formula is C20H26O4S. The van der Waals surface area contributed by atoms with Crippen molar-refractivity contribution in [2.24, 2.45) is 22.7 Å². The first kappa shape index (κ1) is 17.2. The second kappa shape index (κ2) is 5.15. The summed E-state index contributed by atoms with van der Waals surface area (Å²) in [7, 11) is -3.42. The van der Waals surface area contributed by atoms with E-state index in [0.717, 1.165) is 19.3 Å². The van der Waals surface area contributed by atoms with Gasteiger partial charge in [-0.25, -0.2) is 8.42 Å². The molecule has 0 unspecified atom stereocenters. The number of carbonyl (C=O) groups excluding carboxylic acids is 2. The zero-order chi connectivity index (χ0) is 18.2. The van der Waals surface area contributed by atoms with Gasteiger partial charge in [-0.3, -0.25) is 9.59 Å². The standard InChI is InChI=1S/C20H26O4S/c1-12-10-17(22)20(3)16-5-4-13-11-14(21)8-9-19(13,2)15(16)6-7-18(20)25(12,23)24/h6,10,13,16,18H,4-5,7-9,11H2,1-3H3/t13-,16+,18+,19+,20-/m1/s1. The van der Waals surface area contributed by atoms with Crippen LogP contribution >= 0.6 is 0 Å². The van der Waals surface area contributed by atoms with E-state index in [0.29, 0.717) is 31.0 Å². The molecule has 3 aliphatic carbocycles. The molecule has 0 aromatic rings. The molecule has 0 bridgehead atoms. The summed E-state index contributed by atoms with van der Waals surface area (Å²) in [6.45, 7) is 5.64. The maximum atomic E-state index is 13.0. The number of sulfone groups is 1. The van der Waals surface area contributed by atoms with E-state index < -0.39 is 20.5 Å². The number of hydrogen-bond donors (Lipinski definition) is 0. The highest BCUT2D eigenvalue weighted by Crippen LogP contribution is 2.62. The summed E-state index contributed by atoms with van der Waals surface area (Å²) < 4.78 is 25.8. The predicted octanol–water partition coefficient (Wildman–Crippen LogP) is 3.38. The van der Waals surface area contributed by atoms with Crippen LogP contribution in [0.3, 0.4) is 0 Å². The molecule has 2 saturated carbocycles. The molecule has 0 aromatic carbocycles. The van der Waals surface area contributed by atoms with Gasteiger partial charge in [0, 0.05) is 17.7 Å². The Morgan fingerprint density at radius 3 is 2.60 bits per heavy atom. The first-order valence-corrected chi connectivity index (χ1v) is 10.9. The Labute approximate surface area is 149 Å². The minimum Gasteiger partial charge on any atom is -0.300 e. The summed E-state index contributed by atoms with van der Waals surface area (Å²) in [6, 6.07) is 0. The Bertz CT molecular complexity index is 834. The van der Waals surface area contributed by atoms with E-state index in [1.165, 1.54) is 18.6 Å². The van der Waals surface area contributed by atoms with E-state index in [1.807, 2.05) is 6.92 Å². The van der Waals surface area contributed by atoms with Gasteiger partial charge in [0.2, 0.25) is 0 Å². The smallest absolute Gasteiger partial charge is 0.178 e. The molecule has 4 rings (SSSR count). The van der Waals surface area contributed by atoms with Crippen LogP contribution in [0.4, 0.5) is 0 Å². The predicted molar refractivity (Wildman–Crippen MR) is 95.5 cm³/mol. The topological polar surface area (TPSA) is 68.3 Å². The number of allylic oxidation sites excluding steroid dienone is 4. The van der Waals surface area contributed by atoms with Crippen LogP contribution in [-0.2, 0) is 19.4 Å². The number of rotatable bonds is 0. The van der Waals surface area contributed by atoms with Crippen LogP contribution in [0.15, 0.2) is 22.6 Å². The first-order chi connectivity index (χ1) is 11.6. The van der Waals surface area contributed by atoms with E-state index in [2.05, 4.69) is 13.0 Å². The molecule has 1 heterocycles. The van der Waals surface area contributed by atoms with Gasteiger partial charge >= 0.3 is 0 Å². The van der Waals surface area contributed by atoms with Gasteiger partial charge in [-0.05, 0) is 55.9 Å². The summed E-state index contributed by atoms with van der Waals surface area (Å²) in [5, 5.41) is -0.642. The SMILES string of the molecule is CC1=CC(=O)[C@@]2(C)[C@H]3CC[C@@H]4CC(=O)CC[C@]4(C)C3=CC[C@@H]2S1(=O)=O. The van der Waals surface area contributed by atoms with Gasteiger partial charge in [0.15, 0.2) is 15.6 Å². The molecule has 136 valence electrons. The van der Waals surface area contributed by atoms with Crippen molar-refractivity contribution in [1.29, 1.82) is 0 Å². The second-order valence-electron chi connectivity index (χ2n) is 8.82. The average Bonchev–Trinajstić information content (AvgIpc) is 2.54. The quantitative estimate of drug-likeness (QED) is 0.620. The molecule has 0 radical (unpaired) electrons. The third-order valence-corrected chi connectivity index (χ3v) is 10.2. The largest absolute Gasteiger partial charge is 0.300 e. The van der Waals surface area contributed by atoms with Crippen LogP contribution in [0.25, 0.3) is 0 Å². The van der Waals surface area contributed by atoms with Gasteiger partial charge in [-0.2, -0.15) is 0 Å². The lowest BCUT2D eigenvalue weighted by atomic mass is 9.48. The third kappa shape index (κ3) is 2.08. The monoisotopic (exact) mass is 362 g/mol. The van der Waals surface area contributed by atoms with E-state index in [9.17, 15) is 18.0 Å². The molecule has 0 aromatic heterocycles. The van der Waals surface area contributed by atoms with E-state index >= 15 is 0 Å². The van der Waals surface area contributed by atoms with Gasteiger partial charge in [0.1, 0.15) is 5.78 Å². The van der Waals surface area contributed by atoms with Crippen molar-refractivity contribution in [2.75, 3.05) is 0 Å². The maximum Gasteiger partial charge on any atom is 0.178 e.